The summed E-state index contributed by atoms with van der Waals surface area (Å²) in [5.74, 6) is 0. The van der Waals surface area contributed by atoms with Crippen molar-refractivity contribution in [2.75, 3.05) is 26.2 Å². The minimum atomic E-state index is -4.22. The first-order chi connectivity index (χ1) is 17.1. The van der Waals surface area contributed by atoms with Crippen molar-refractivity contribution in [2.45, 2.75) is 20.0 Å². The number of hydrogen-bond acceptors (Lipinski definition) is 8. The number of amides is 1. The minimum absolute atomic E-state index is 0.0159. The zero-order chi connectivity index (χ0) is 25.5. The molecule has 13 heteroatoms. The molecule has 2 aliphatic rings. The molecule has 1 unspecified atom stereocenters. The van der Waals surface area contributed by atoms with Crippen LogP contribution < -0.4 is 4.74 Å². The fourth-order valence-corrected chi connectivity index (χ4v) is 6.18. The van der Waals surface area contributed by atoms with E-state index in [-0.39, 0.29) is 45.3 Å². The van der Waals surface area contributed by atoms with E-state index in [9.17, 15) is 18.4 Å². The molecule has 1 atom stereocenters. The van der Waals surface area contributed by atoms with Crippen molar-refractivity contribution < 1.29 is 22.0 Å². The van der Waals surface area contributed by atoms with E-state index in [1.165, 1.54) is 4.90 Å². The number of ether oxygens (including phenoxy) is 1. The number of fused-ring (bicyclic) bond motifs is 1. The fourth-order valence-electron chi connectivity index (χ4n) is 4.33. The number of carbonyl (C=O) groups is 1. The molecule has 188 valence electrons. The van der Waals surface area contributed by atoms with Crippen LogP contribution in [0.1, 0.15) is 16.8 Å². The highest BCUT2D eigenvalue weighted by Crippen LogP contribution is 2.35. The number of hydroxylamine groups is 2. The zero-order valence-corrected chi connectivity index (χ0v) is 20.9. The molecule has 1 amide bonds. The number of halogens is 1. The van der Waals surface area contributed by atoms with Crippen LogP contribution in [0.15, 0.2) is 48.9 Å². The quantitative estimate of drug-likeness (QED) is 0.372. The molecule has 0 N–H and O–H groups in total. The Morgan fingerprint density at radius 3 is 2.39 bits per heavy atom. The number of piperazine rings is 1. The van der Waals surface area contributed by atoms with Crippen LogP contribution in [0.2, 0.25) is 5.02 Å². The van der Waals surface area contributed by atoms with Gasteiger partial charge in [-0.25, -0.2) is 18.8 Å². The molecule has 2 aromatic heterocycles. The number of aromatic nitrogens is 3. The standard InChI is InChI=1S/C23H23ClN6O5S/c1-16-10-17(4-5-25-16)20-12-26-22(27-13-20)35-23(31)28-6-8-29(9-7-28)36(33,34)30(32)14-18-2-3-21(24)11-19(18)15-30/h2-5,10-13H,6-9,14-15H2,1H3. The molecule has 5 rings (SSSR count). The molecule has 36 heavy (non-hydrogen) atoms. The summed E-state index contributed by atoms with van der Waals surface area (Å²) in [4.78, 5) is 26.3. The van der Waals surface area contributed by atoms with Crippen LogP contribution in [0.3, 0.4) is 0 Å². The van der Waals surface area contributed by atoms with Gasteiger partial charge in [0, 0.05) is 72.2 Å². The van der Waals surface area contributed by atoms with Crippen molar-refractivity contribution >= 4 is 27.9 Å². The molecule has 1 aromatic carbocycles. The molecule has 0 spiro atoms. The van der Waals surface area contributed by atoms with Crippen LogP contribution in [0.25, 0.3) is 11.1 Å². The number of benzene rings is 1. The normalized spacial score (nSPS) is 20.2. The molecule has 2 aliphatic heterocycles. The average Bonchev–Trinajstić information content (AvgIpc) is 3.21. The SMILES string of the molecule is Cc1cc(-c2cnc(OC(=O)N3CCN(S(=O)(=O)[N+]4([O-])Cc5ccc(Cl)cc5C4)CC3)nc2)ccn1. The summed E-state index contributed by atoms with van der Waals surface area (Å²) in [6.45, 7) is 1.62. The van der Waals surface area contributed by atoms with Crippen LogP contribution >= 0.6 is 11.6 Å². The van der Waals surface area contributed by atoms with Gasteiger partial charge in [0.25, 0.3) is 0 Å². The van der Waals surface area contributed by atoms with Gasteiger partial charge in [0.05, 0.1) is 0 Å². The van der Waals surface area contributed by atoms with E-state index in [4.69, 9.17) is 16.3 Å². The van der Waals surface area contributed by atoms with Gasteiger partial charge in [-0.3, -0.25) is 4.98 Å². The number of hydrogen-bond donors (Lipinski definition) is 0. The number of carbonyl (C=O) groups excluding carboxylic acids is 1. The van der Waals surface area contributed by atoms with Crippen molar-refractivity contribution in [1.29, 1.82) is 0 Å². The summed E-state index contributed by atoms with van der Waals surface area (Å²) in [6, 6.07) is 8.57. The molecule has 1 saturated heterocycles. The van der Waals surface area contributed by atoms with Crippen molar-refractivity contribution in [3.8, 4) is 17.1 Å². The molecule has 3 aromatic rings. The molecular weight excluding hydrogens is 508 g/mol. The fraction of sp³-hybridized carbons (Fsp3) is 0.304. The second-order valence-corrected chi connectivity index (χ2v) is 11.2. The maximum atomic E-state index is 13.3. The number of quaternary nitrogens is 1. The summed E-state index contributed by atoms with van der Waals surface area (Å²) in [5.41, 5.74) is 3.80. The lowest BCUT2D eigenvalue weighted by molar-refractivity contribution is -0.776. The van der Waals surface area contributed by atoms with Gasteiger partial charge < -0.3 is 14.8 Å². The van der Waals surface area contributed by atoms with Crippen LogP contribution in [-0.2, 0) is 23.3 Å². The Labute approximate surface area is 213 Å². The van der Waals surface area contributed by atoms with Gasteiger partial charge in [-0.2, -0.15) is 12.7 Å². The summed E-state index contributed by atoms with van der Waals surface area (Å²) >= 11 is 6.00. The van der Waals surface area contributed by atoms with Crippen LogP contribution in [-0.4, -0.2) is 68.9 Å². The lowest BCUT2D eigenvalue weighted by Crippen LogP contribution is -2.58. The first-order valence-electron chi connectivity index (χ1n) is 11.2. The van der Waals surface area contributed by atoms with Gasteiger partial charge in [0.2, 0.25) is 0 Å². The summed E-state index contributed by atoms with van der Waals surface area (Å²) < 4.78 is 31.4. The Kier molecular flexibility index (Phi) is 6.39. The lowest BCUT2D eigenvalue weighted by Gasteiger charge is -2.42. The van der Waals surface area contributed by atoms with E-state index < -0.39 is 20.4 Å². The number of rotatable bonds is 4. The number of pyridine rings is 1. The Morgan fingerprint density at radius 1 is 1.00 bits per heavy atom. The lowest BCUT2D eigenvalue weighted by atomic mass is 10.1. The Morgan fingerprint density at radius 2 is 1.69 bits per heavy atom. The van der Waals surface area contributed by atoms with Crippen LogP contribution in [0, 0.1) is 12.1 Å². The molecule has 11 nitrogen and oxygen atoms in total. The van der Waals surface area contributed by atoms with E-state index in [1.54, 1.807) is 36.8 Å². The Balaban J connectivity index is 1.19. The summed E-state index contributed by atoms with van der Waals surface area (Å²) in [6.07, 6.45) is 4.10. The number of nitrogens with zero attached hydrogens (tertiary/aromatic N) is 6. The van der Waals surface area contributed by atoms with E-state index >= 15 is 0 Å². The van der Waals surface area contributed by atoms with Crippen molar-refractivity contribution in [3.63, 3.8) is 0 Å². The summed E-state index contributed by atoms with van der Waals surface area (Å²) in [5, 5.41) is 13.8. The third-order valence-corrected chi connectivity index (χ3v) is 8.62. The van der Waals surface area contributed by atoms with Crippen molar-refractivity contribution in [3.05, 3.63) is 76.0 Å². The van der Waals surface area contributed by atoms with E-state index in [0.717, 1.165) is 21.1 Å². The van der Waals surface area contributed by atoms with Gasteiger partial charge in [-0.15, -0.1) is 0 Å². The van der Waals surface area contributed by atoms with Crippen molar-refractivity contribution in [2.24, 2.45) is 0 Å². The topological polar surface area (TPSA) is 129 Å². The third-order valence-electron chi connectivity index (χ3n) is 6.27. The molecule has 0 aliphatic carbocycles. The Hall–Kier alpha value is -3.16. The van der Waals surface area contributed by atoms with Crippen LogP contribution in [0.5, 0.6) is 6.01 Å². The highest BCUT2D eigenvalue weighted by Gasteiger charge is 2.45. The molecule has 1 fully saturated rings. The highest BCUT2D eigenvalue weighted by molar-refractivity contribution is 7.83. The molecular formula is C23H23ClN6O5S. The summed E-state index contributed by atoms with van der Waals surface area (Å²) in [7, 11) is -4.22. The molecule has 0 bridgehead atoms. The molecule has 0 saturated carbocycles. The monoisotopic (exact) mass is 530 g/mol. The molecule has 0 radical (unpaired) electrons. The first-order valence-corrected chi connectivity index (χ1v) is 13.0. The van der Waals surface area contributed by atoms with Gasteiger partial charge in [-0.05, 0) is 36.8 Å². The highest BCUT2D eigenvalue weighted by atomic mass is 35.5. The van der Waals surface area contributed by atoms with Crippen LogP contribution in [0.4, 0.5) is 4.79 Å². The maximum absolute atomic E-state index is 13.3. The predicted molar refractivity (Wildman–Crippen MR) is 131 cm³/mol. The number of aryl methyl sites for hydroxylation is 1. The van der Waals surface area contributed by atoms with E-state index in [1.807, 2.05) is 19.1 Å². The second kappa shape index (κ2) is 9.37. The predicted octanol–water partition coefficient (Wildman–Crippen LogP) is 2.89. The van der Waals surface area contributed by atoms with Gasteiger partial charge in [0.1, 0.15) is 13.1 Å². The largest absolute Gasteiger partial charge is 0.615 e. The van der Waals surface area contributed by atoms with Crippen molar-refractivity contribution in [1.82, 2.24) is 24.2 Å². The van der Waals surface area contributed by atoms with Gasteiger partial charge in [0.15, 0.2) is 0 Å². The van der Waals surface area contributed by atoms with E-state index in [2.05, 4.69) is 15.0 Å². The first kappa shape index (κ1) is 24.5. The molecule has 4 heterocycles. The second-order valence-electron chi connectivity index (χ2n) is 8.72. The minimum Gasteiger partial charge on any atom is -0.615 e. The third kappa shape index (κ3) is 4.65. The average molecular weight is 531 g/mol. The van der Waals surface area contributed by atoms with Gasteiger partial charge in [-0.1, -0.05) is 17.7 Å². The van der Waals surface area contributed by atoms with E-state index in [0.29, 0.717) is 16.1 Å². The Bertz CT molecular complexity index is 1410. The smallest absolute Gasteiger partial charge is 0.417 e. The van der Waals surface area contributed by atoms with Gasteiger partial charge >= 0.3 is 22.3 Å². The zero-order valence-electron chi connectivity index (χ0n) is 19.4. The maximum Gasteiger partial charge on any atom is 0.417 e.